The Balaban J connectivity index is 1.77. The van der Waals surface area contributed by atoms with Crippen LogP contribution in [0.25, 0.3) is 0 Å². The topological polar surface area (TPSA) is 35.5 Å². The summed E-state index contributed by atoms with van der Waals surface area (Å²) in [6, 6.07) is 17.2. The van der Waals surface area contributed by atoms with Crippen molar-refractivity contribution in [3.05, 3.63) is 77.6 Å². The summed E-state index contributed by atoms with van der Waals surface area (Å²) in [4.78, 5) is 12.6. The summed E-state index contributed by atoms with van der Waals surface area (Å²) >= 11 is 0. The first-order valence-corrected chi connectivity index (χ1v) is 6.94. The van der Waals surface area contributed by atoms with Crippen LogP contribution in [0.1, 0.15) is 24.2 Å². The first-order chi connectivity index (χ1) is 10.2. The van der Waals surface area contributed by atoms with Crippen molar-refractivity contribution in [2.75, 3.05) is 0 Å². The van der Waals surface area contributed by atoms with Gasteiger partial charge in [-0.25, -0.2) is 0 Å². The van der Waals surface area contributed by atoms with E-state index in [9.17, 15) is 4.79 Å². The van der Waals surface area contributed by atoms with Gasteiger partial charge in [-0.3, -0.25) is 4.79 Å². The van der Waals surface area contributed by atoms with E-state index < -0.39 is 11.7 Å². The second-order valence-corrected chi connectivity index (χ2v) is 5.48. The molecular formula is C18H14O3. The second-order valence-electron chi connectivity index (χ2n) is 5.48. The summed E-state index contributed by atoms with van der Waals surface area (Å²) in [6.45, 7) is 1.96. The first kappa shape index (κ1) is 12.4. The fourth-order valence-electron chi connectivity index (χ4n) is 3.00. The van der Waals surface area contributed by atoms with Crippen molar-refractivity contribution in [1.82, 2.24) is 0 Å². The third kappa shape index (κ3) is 1.82. The van der Waals surface area contributed by atoms with E-state index in [4.69, 9.17) is 9.47 Å². The molecule has 0 saturated carbocycles. The van der Waals surface area contributed by atoms with E-state index in [0.29, 0.717) is 11.5 Å². The number of ether oxygens (including phenoxy) is 2. The summed E-state index contributed by atoms with van der Waals surface area (Å²) in [7, 11) is 0. The molecule has 4 rings (SSSR count). The molecule has 0 saturated heterocycles. The van der Waals surface area contributed by atoms with Crippen molar-refractivity contribution < 1.29 is 14.3 Å². The van der Waals surface area contributed by atoms with E-state index in [1.165, 1.54) is 0 Å². The van der Waals surface area contributed by atoms with Crippen LogP contribution in [0.2, 0.25) is 0 Å². The lowest BCUT2D eigenvalue weighted by molar-refractivity contribution is -0.138. The number of carbonyl (C=O) groups is 1. The van der Waals surface area contributed by atoms with Gasteiger partial charge < -0.3 is 9.47 Å². The van der Waals surface area contributed by atoms with Crippen LogP contribution in [0.5, 0.6) is 5.75 Å². The van der Waals surface area contributed by atoms with Crippen molar-refractivity contribution in [2.45, 2.75) is 18.6 Å². The monoisotopic (exact) mass is 278 g/mol. The second kappa shape index (κ2) is 4.30. The molecule has 0 unspecified atom stereocenters. The number of benzene rings is 2. The number of rotatable bonds is 2. The summed E-state index contributed by atoms with van der Waals surface area (Å²) in [5.41, 5.74) is 1.38. The average molecular weight is 278 g/mol. The maximum absolute atomic E-state index is 12.6. The number of hydrogen-bond donors (Lipinski definition) is 0. The number of para-hydroxylation sites is 1. The van der Waals surface area contributed by atoms with Gasteiger partial charge in [-0.15, -0.1) is 0 Å². The molecule has 2 aromatic rings. The van der Waals surface area contributed by atoms with Crippen molar-refractivity contribution in [3.8, 4) is 5.75 Å². The number of carbonyl (C=O) groups excluding carboxylic acids is 1. The van der Waals surface area contributed by atoms with Gasteiger partial charge >= 0.3 is 0 Å². The zero-order valence-corrected chi connectivity index (χ0v) is 11.6. The van der Waals surface area contributed by atoms with Crippen LogP contribution in [0.3, 0.4) is 0 Å². The normalized spacial score (nSPS) is 26.2. The fraction of sp³-hybridized carbons (Fsp3) is 0.167. The van der Waals surface area contributed by atoms with Crippen LogP contribution in [-0.4, -0.2) is 5.78 Å². The highest BCUT2D eigenvalue weighted by Gasteiger charge is 2.48. The molecule has 0 aliphatic carbocycles. The molecule has 2 bridgehead atoms. The van der Waals surface area contributed by atoms with Gasteiger partial charge in [-0.2, -0.15) is 0 Å². The lowest BCUT2D eigenvalue weighted by Gasteiger charge is -2.27. The summed E-state index contributed by atoms with van der Waals surface area (Å²) in [5, 5.41) is 0. The smallest absolute Gasteiger partial charge is 0.231 e. The molecule has 2 aromatic carbocycles. The molecule has 0 radical (unpaired) electrons. The zero-order chi connectivity index (χ0) is 14.4. The summed E-state index contributed by atoms with van der Waals surface area (Å²) in [6.07, 6.45) is 1.22. The lowest BCUT2D eigenvalue weighted by Crippen LogP contribution is -2.30. The Labute approximate surface area is 122 Å². The Hall–Kier alpha value is -2.39. The molecule has 2 aliphatic heterocycles. The maximum Gasteiger partial charge on any atom is 0.231 e. The van der Waals surface area contributed by atoms with Crippen molar-refractivity contribution in [1.29, 1.82) is 0 Å². The third-order valence-electron chi connectivity index (χ3n) is 4.00. The van der Waals surface area contributed by atoms with Gasteiger partial charge in [0.1, 0.15) is 11.4 Å². The van der Waals surface area contributed by atoms with Gasteiger partial charge in [0.15, 0.2) is 11.9 Å². The SMILES string of the molecule is C[C@@]12C=C(Oc3ccccc3)C(=O)[C@@H](O1)c1ccccc12. The van der Waals surface area contributed by atoms with Gasteiger partial charge in [-0.1, -0.05) is 42.5 Å². The largest absolute Gasteiger partial charge is 0.454 e. The van der Waals surface area contributed by atoms with E-state index in [2.05, 4.69) is 0 Å². The number of hydrogen-bond acceptors (Lipinski definition) is 3. The van der Waals surface area contributed by atoms with Gasteiger partial charge in [0.25, 0.3) is 0 Å². The Bertz CT molecular complexity index is 748. The predicted octanol–water partition coefficient (Wildman–Crippen LogP) is 3.52. The first-order valence-electron chi connectivity index (χ1n) is 6.94. The molecule has 21 heavy (non-hydrogen) atoms. The highest BCUT2D eigenvalue weighted by molar-refractivity contribution is 6.00. The highest BCUT2D eigenvalue weighted by Crippen LogP contribution is 2.49. The van der Waals surface area contributed by atoms with Gasteiger partial charge in [0, 0.05) is 0 Å². The lowest BCUT2D eigenvalue weighted by atomic mass is 9.94. The van der Waals surface area contributed by atoms with E-state index in [1.807, 2.05) is 61.5 Å². The quantitative estimate of drug-likeness (QED) is 0.843. The minimum absolute atomic E-state index is 0.124. The molecule has 2 heterocycles. The zero-order valence-electron chi connectivity index (χ0n) is 11.6. The molecule has 0 aromatic heterocycles. The van der Waals surface area contributed by atoms with Gasteiger partial charge in [0.2, 0.25) is 5.78 Å². The molecule has 2 aliphatic rings. The molecule has 2 atom stereocenters. The third-order valence-corrected chi connectivity index (χ3v) is 4.00. The molecule has 3 nitrogen and oxygen atoms in total. The molecule has 3 heteroatoms. The highest BCUT2D eigenvalue weighted by atomic mass is 16.5. The molecule has 0 spiro atoms. The standard InChI is InChI=1S/C18H14O3/c1-18-11-15(20-12-7-3-2-4-8-12)16(19)17(21-18)13-9-5-6-10-14(13)18/h2-11,17H,1H3/t17-,18-/m0/s1. The van der Waals surface area contributed by atoms with E-state index >= 15 is 0 Å². The average Bonchev–Trinajstić information content (AvgIpc) is 2.77. The Morgan fingerprint density at radius 3 is 2.57 bits per heavy atom. The van der Waals surface area contributed by atoms with E-state index in [0.717, 1.165) is 11.1 Å². The minimum Gasteiger partial charge on any atom is -0.454 e. The number of fused-ring (bicyclic) bond motifs is 5. The Morgan fingerprint density at radius 2 is 1.76 bits per heavy atom. The van der Waals surface area contributed by atoms with Gasteiger partial charge in [0.05, 0.1) is 0 Å². The summed E-state index contributed by atoms with van der Waals surface area (Å²) in [5.74, 6) is 0.892. The van der Waals surface area contributed by atoms with Crippen molar-refractivity contribution >= 4 is 5.78 Å². The molecule has 0 N–H and O–H groups in total. The number of Topliss-reactive ketones (excluding diaryl/α,β-unsaturated/α-hetero) is 1. The van der Waals surface area contributed by atoms with Crippen molar-refractivity contribution in [2.24, 2.45) is 0 Å². The van der Waals surface area contributed by atoms with Crippen molar-refractivity contribution in [3.63, 3.8) is 0 Å². The Kier molecular flexibility index (Phi) is 2.53. The molecular weight excluding hydrogens is 264 g/mol. The van der Waals surface area contributed by atoms with Crippen LogP contribution in [0, 0.1) is 0 Å². The molecule has 104 valence electrons. The fourth-order valence-corrected chi connectivity index (χ4v) is 3.00. The molecule has 0 fully saturated rings. The Morgan fingerprint density at radius 1 is 1.05 bits per heavy atom. The molecule has 0 amide bonds. The van der Waals surface area contributed by atoms with Crippen LogP contribution >= 0.6 is 0 Å². The van der Waals surface area contributed by atoms with E-state index in [-0.39, 0.29) is 5.78 Å². The number of ketones is 1. The van der Waals surface area contributed by atoms with Gasteiger partial charge in [-0.05, 0) is 36.3 Å². The summed E-state index contributed by atoms with van der Waals surface area (Å²) < 4.78 is 11.7. The minimum atomic E-state index is -0.598. The van der Waals surface area contributed by atoms with Crippen LogP contribution in [0.15, 0.2) is 66.4 Å². The van der Waals surface area contributed by atoms with Crippen LogP contribution in [-0.2, 0) is 15.1 Å². The van der Waals surface area contributed by atoms with E-state index in [1.54, 1.807) is 6.08 Å². The van der Waals surface area contributed by atoms with Crippen LogP contribution in [0.4, 0.5) is 0 Å². The van der Waals surface area contributed by atoms with Crippen LogP contribution < -0.4 is 4.74 Å². The predicted molar refractivity (Wildman–Crippen MR) is 77.8 cm³/mol. The maximum atomic E-state index is 12.6.